The van der Waals surface area contributed by atoms with Crippen LogP contribution in [0.3, 0.4) is 0 Å². The Balaban J connectivity index is 1.72. The van der Waals surface area contributed by atoms with Gasteiger partial charge in [0.2, 0.25) is 5.91 Å². The molecule has 5 nitrogen and oxygen atoms in total. The summed E-state index contributed by atoms with van der Waals surface area (Å²) in [6, 6.07) is 11.3. The van der Waals surface area contributed by atoms with Crippen LogP contribution >= 0.6 is 35.2 Å². The molecule has 0 radical (unpaired) electrons. The molecule has 0 unspecified atom stereocenters. The van der Waals surface area contributed by atoms with E-state index in [9.17, 15) is 4.79 Å². The molecule has 8 heteroatoms. The van der Waals surface area contributed by atoms with E-state index in [1.54, 1.807) is 28.0 Å². The average molecular weight is 379 g/mol. The van der Waals surface area contributed by atoms with Gasteiger partial charge in [0.1, 0.15) is 6.54 Å². The van der Waals surface area contributed by atoms with E-state index in [0.717, 1.165) is 10.4 Å². The minimum atomic E-state index is -0.117. The quantitative estimate of drug-likeness (QED) is 0.661. The zero-order valence-electron chi connectivity index (χ0n) is 12.9. The largest absolute Gasteiger partial charge is 0.350 e. The molecule has 0 aliphatic rings. The zero-order chi connectivity index (χ0) is 17.1. The summed E-state index contributed by atoms with van der Waals surface area (Å²) in [5, 5.41) is 10.5. The van der Waals surface area contributed by atoms with E-state index in [2.05, 4.69) is 15.5 Å². The van der Waals surface area contributed by atoms with Gasteiger partial charge in [-0.05, 0) is 55.5 Å². The number of aromatic nitrogens is 3. The van der Waals surface area contributed by atoms with Crippen molar-refractivity contribution in [3.63, 3.8) is 0 Å². The number of amides is 1. The van der Waals surface area contributed by atoms with E-state index in [-0.39, 0.29) is 12.5 Å². The second kappa shape index (κ2) is 7.29. The number of carbonyl (C=O) groups excluding carboxylic acids is 1. The minimum Gasteiger partial charge on any atom is -0.350 e. The molecule has 0 aliphatic heterocycles. The molecule has 2 N–H and O–H groups in total. The number of aromatic amines is 1. The smallest absolute Gasteiger partial charge is 0.240 e. The van der Waals surface area contributed by atoms with Crippen LogP contribution in [0, 0.1) is 11.7 Å². The molecule has 0 saturated heterocycles. The summed E-state index contributed by atoms with van der Waals surface area (Å²) in [6.07, 6.45) is 0. The van der Waals surface area contributed by atoms with Gasteiger partial charge in [-0.2, -0.15) is 5.10 Å². The number of hydrogen-bond acceptors (Lipinski definition) is 4. The van der Waals surface area contributed by atoms with Crippen molar-refractivity contribution < 1.29 is 4.79 Å². The summed E-state index contributed by atoms with van der Waals surface area (Å²) >= 11 is 12.8. The maximum Gasteiger partial charge on any atom is 0.240 e. The second-order valence-corrected chi connectivity index (χ2v) is 7.43. The highest BCUT2D eigenvalue weighted by atomic mass is 35.5. The predicted octanol–water partition coefficient (Wildman–Crippen LogP) is 3.95. The molecule has 0 aliphatic carbocycles. The number of H-pyrrole nitrogens is 1. The first kappa shape index (κ1) is 16.9. The molecule has 0 atom stereocenters. The lowest BCUT2D eigenvalue weighted by molar-refractivity contribution is -0.121. The van der Waals surface area contributed by atoms with E-state index in [0.29, 0.717) is 22.2 Å². The summed E-state index contributed by atoms with van der Waals surface area (Å²) < 4.78 is 2.08. The van der Waals surface area contributed by atoms with Crippen molar-refractivity contribution in [1.82, 2.24) is 20.1 Å². The van der Waals surface area contributed by atoms with E-state index in [1.807, 2.05) is 31.2 Å². The van der Waals surface area contributed by atoms with E-state index < -0.39 is 0 Å². The molecule has 1 amide bonds. The van der Waals surface area contributed by atoms with Crippen LogP contribution in [-0.4, -0.2) is 20.7 Å². The van der Waals surface area contributed by atoms with Crippen LogP contribution in [0.5, 0.6) is 0 Å². The summed E-state index contributed by atoms with van der Waals surface area (Å²) in [5.74, 6) is 0.493. The highest BCUT2D eigenvalue weighted by molar-refractivity contribution is 7.71. The van der Waals surface area contributed by atoms with Gasteiger partial charge in [0.25, 0.3) is 0 Å². The molecule has 2 heterocycles. The third kappa shape index (κ3) is 3.92. The van der Waals surface area contributed by atoms with Gasteiger partial charge in [0.15, 0.2) is 10.6 Å². The molecule has 3 rings (SSSR count). The Morgan fingerprint density at radius 2 is 2.08 bits per heavy atom. The molecule has 0 fully saturated rings. The lowest BCUT2D eigenvalue weighted by atomic mass is 10.2. The SMILES string of the molecule is Cc1ccc(CNC(=O)Cn2c(-c3ccc(Cl)cc3)n[nH]c2=S)s1. The van der Waals surface area contributed by atoms with Crippen molar-refractivity contribution in [1.29, 1.82) is 0 Å². The fraction of sp³-hybridized carbons (Fsp3) is 0.188. The van der Waals surface area contributed by atoms with Gasteiger partial charge in [0, 0.05) is 20.3 Å². The number of carbonyl (C=O) groups is 1. The van der Waals surface area contributed by atoms with Crippen LogP contribution in [0.1, 0.15) is 9.75 Å². The maximum atomic E-state index is 12.2. The first-order chi connectivity index (χ1) is 11.5. The molecular weight excluding hydrogens is 364 g/mol. The predicted molar refractivity (Wildman–Crippen MR) is 98.8 cm³/mol. The fourth-order valence-electron chi connectivity index (χ4n) is 2.25. The van der Waals surface area contributed by atoms with Crippen molar-refractivity contribution >= 4 is 41.1 Å². The monoisotopic (exact) mass is 378 g/mol. The Hall–Kier alpha value is -1.96. The van der Waals surface area contributed by atoms with Crippen LogP contribution in [-0.2, 0) is 17.9 Å². The van der Waals surface area contributed by atoms with Gasteiger partial charge in [-0.3, -0.25) is 14.5 Å². The molecule has 3 aromatic rings. The molecule has 124 valence electrons. The number of nitrogens with zero attached hydrogens (tertiary/aromatic N) is 2. The number of benzene rings is 1. The topological polar surface area (TPSA) is 62.7 Å². The third-order valence-electron chi connectivity index (χ3n) is 3.42. The Kier molecular flexibility index (Phi) is 5.13. The number of nitrogens with one attached hydrogen (secondary N) is 2. The maximum absolute atomic E-state index is 12.2. The van der Waals surface area contributed by atoms with Crippen molar-refractivity contribution in [2.75, 3.05) is 0 Å². The van der Waals surface area contributed by atoms with Crippen LogP contribution in [0.25, 0.3) is 11.4 Å². The van der Waals surface area contributed by atoms with E-state index >= 15 is 0 Å². The number of halogens is 1. The van der Waals surface area contributed by atoms with Gasteiger partial charge in [-0.25, -0.2) is 0 Å². The molecule has 24 heavy (non-hydrogen) atoms. The van der Waals surface area contributed by atoms with Crippen LogP contribution < -0.4 is 5.32 Å². The van der Waals surface area contributed by atoms with Gasteiger partial charge >= 0.3 is 0 Å². The van der Waals surface area contributed by atoms with Gasteiger partial charge in [-0.15, -0.1) is 11.3 Å². The minimum absolute atomic E-state index is 0.109. The van der Waals surface area contributed by atoms with Crippen molar-refractivity contribution in [2.24, 2.45) is 0 Å². The average Bonchev–Trinajstić information content (AvgIpc) is 3.13. The number of aryl methyl sites for hydroxylation is 1. The number of rotatable bonds is 5. The summed E-state index contributed by atoms with van der Waals surface area (Å²) in [7, 11) is 0. The van der Waals surface area contributed by atoms with Crippen molar-refractivity contribution in [3.8, 4) is 11.4 Å². The fourth-order valence-corrected chi connectivity index (χ4v) is 3.40. The summed E-state index contributed by atoms with van der Waals surface area (Å²) in [4.78, 5) is 14.6. The lowest BCUT2D eigenvalue weighted by Crippen LogP contribution is -2.27. The lowest BCUT2D eigenvalue weighted by Gasteiger charge is -2.08. The summed E-state index contributed by atoms with van der Waals surface area (Å²) in [5.41, 5.74) is 0.841. The highest BCUT2D eigenvalue weighted by Gasteiger charge is 2.12. The van der Waals surface area contributed by atoms with Gasteiger partial charge in [0.05, 0.1) is 6.54 Å². The molecule has 0 bridgehead atoms. The van der Waals surface area contributed by atoms with Crippen LogP contribution in [0.4, 0.5) is 0 Å². The number of thiophene rings is 1. The van der Waals surface area contributed by atoms with Crippen molar-refractivity contribution in [3.05, 3.63) is 55.9 Å². The molecule has 0 saturated carbocycles. The Labute approximate surface area is 153 Å². The van der Waals surface area contributed by atoms with E-state index in [1.165, 1.54) is 4.88 Å². The first-order valence-corrected chi connectivity index (χ1v) is 8.86. The highest BCUT2D eigenvalue weighted by Crippen LogP contribution is 2.20. The van der Waals surface area contributed by atoms with Gasteiger partial charge < -0.3 is 5.32 Å². The van der Waals surface area contributed by atoms with Crippen LogP contribution in [0.15, 0.2) is 36.4 Å². The normalized spacial score (nSPS) is 10.8. The standard InChI is InChI=1S/C16H15ClN4OS2/c1-10-2-7-13(24-10)8-18-14(22)9-21-15(19-20-16(21)23)11-3-5-12(17)6-4-11/h2-7H,8-9H2,1H3,(H,18,22)(H,20,23). The zero-order valence-corrected chi connectivity index (χ0v) is 15.3. The molecule has 0 spiro atoms. The first-order valence-electron chi connectivity index (χ1n) is 7.26. The Morgan fingerprint density at radius 3 is 2.75 bits per heavy atom. The van der Waals surface area contributed by atoms with Gasteiger partial charge in [-0.1, -0.05) is 11.6 Å². The third-order valence-corrected chi connectivity index (χ3v) is 4.98. The molecule has 1 aromatic carbocycles. The number of hydrogen-bond donors (Lipinski definition) is 2. The Bertz CT molecular complexity index is 911. The second-order valence-electron chi connectivity index (χ2n) is 5.23. The molecule has 2 aromatic heterocycles. The molecular formula is C16H15ClN4OS2. The Morgan fingerprint density at radius 1 is 1.33 bits per heavy atom. The van der Waals surface area contributed by atoms with Crippen molar-refractivity contribution in [2.45, 2.75) is 20.0 Å². The van der Waals surface area contributed by atoms with Crippen LogP contribution in [0.2, 0.25) is 5.02 Å². The summed E-state index contributed by atoms with van der Waals surface area (Å²) in [6.45, 7) is 2.66. The van der Waals surface area contributed by atoms with E-state index in [4.69, 9.17) is 23.8 Å².